The summed E-state index contributed by atoms with van der Waals surface area (Å²) in [7, 11) is 0. The van der Waals surface area contributed by atoms with E-state index in [4.69, 9.17) is 4.52 Å². The maximum absolute atomic E-state index is 11.9. The molecule has 1 N–H and O–H groups in total. The summed E-state index contributed by atoms with van der Waals surface area (Å²) in [5.41, 5.74) is 0. The van der Waals surface area contributed by atoms with E-state index in [-0.39, 0.29) is 12.5 Å². The maximum atomic E-state index is 11.9. The third-order valence-corrected chi connectivity index (χ3v) is 2.86. The Morgan fingerprint density at radius 2 is 2.22 bits per heavy atom. The number of amides is 2. The summed E-state index contributed by atoms with van der Waals surface area (Å²) in [4.78, 5) is 25.8. The molecule has 1 saturated heterocycles. The Morgan fingerprint density at radius 1 is 1.50 bits per heavy atom. The molecule has 7 heteroatoms. The summed E-state index contributed by atoms with van der Waals surface area (Å²) in [5.74, 6) is 1.26. The first-order valence-electron chi connectivity index (χ1n) is 5.83. The Balaban J connectivity index is 1.77. The molecule has 98 valence electrons. The first-order valence-corrected chi connectivity index (χ1v) is 5.83. The molecule has 1 aromatic rings. The molecule has 0 aromatic carbocycles. The average Bonchev–Trinajstić information content (AvgIpc) is 2.82. The second kappa shape index (κ2) is 5.52. The molecular formula is C11H16N4O3. The first kappa shape index (κ1) is 12.4. The Labute approximate surface area is 105 Å². The summed E-state index contributed by atoms with van der Waals surface area (Å²) in [6, 6.07) is 1.73. The number of nitrogens with one attached hydrogen (secondary N) is 1. The van der Waals surface area contributed by atoms with Crippen molar-refractivity contribution in [1.82, 2.24) is 15.0 Å². The highest BCUT2D eigenvalue weighted by Crippen LogP contribution is 2.07. The molecule has 0 aliphatic carbocycles. The minimum atomic E-state index is 0.00111. The molecule has 1 fully saturated rings. The third-order valence-electron chi connectivity index (χ3n) is 2.86. The Hall–Kier alpha value is -2.05. The summed E-state index contributed by atoms with van der Waals surface area (Å²) in [6.07, 6.45) is 0.818. The Bertz CT molecular complexity index is 424. The van der Waals surface area contributed by atoms with Crippen molar-refractivity contribution in [2.75, 3.05) is 38.0 Å². The zero-order chi connectivity index (χ0) is 13.0. The summed E-state index contributed by atoms with van der Waals surface area (Å²) >= 11 is 0. The lowest BCUT2D eigenvalue weighted by Crippen LogP contribution is -2.49. The largest absolute Gasteiger partial charge is 0.360 e. The zero-order valence-corrected chi connectivity index (χ0v) is 10.3. The van der Waals surface area contributed by atoms with Gasteiger partial charge in [0.05, 0.1) is 6.54 Å². The van der Waals surface area contributed by atoms with Gasteiger partial charge in [-0.1, -0.05) is 5.16 Å². The highest BCUT2D eigenvalue weighted by Gasteiger charge is 2.19. The summed E-state index contributed by atoms with van der Waals surface area (Å²) in [6.45, 7) is 4.33. The van der Waals surface area contributed by atoms with E-state index >= 15 is 0 Å². The van der Waals surface area contributed by atoms with Gasteiger partial charge >= 0.3 is 0 Å². The minimum Gasteiger partial charge on any atom is -0.360 e. The van der Waals surface area contributed by atoms with Gasteiger partial charge in [0.15, 0.2) is 5.82 Å². The van der Waals surface area contributed by atoms with E-state index < -0.39 is 0 Å². The molecular weight excluding hydrogens is 236 g/mol. The van der Waals surface area contributed by atoms with Crippen molar-refractivity contribution in [3.05, 3.63) is 11.8 Å². The van der Waals surface area contributed by atoms with Gasteiger partial charge in [-0.25, -0.2) is 0 Å². The standard InChI is InChI=1S/C11H16N4O3/c1-9-6-10(13-18-9)12-7-11(17)15-4-2-14(8-16)3-5-15/h6,8H,2-5,7H2,1H3,(H,12,13). The molecule has 0 spiro atoms. The lowest BCUT2D eigenvalue weighted by Gasteiger charge is -2.32. The first-order chi connectivity index (χ1) is 8.69. The third kappa shape index (κ3) is 2.99. The van der Waals surface area contributed by atoms with Crippen LogP contribution in [0.2, 0.25) is 0 Å². The highest BCUT2D eigenvalue weighted by molar-refractivity contribution is 5.80. The van der Waals surface area contributed by atoms with Crippen molar-refractivity contribution < 1.29 is 14.1 Å². The van der Waals surface area contributed by atoms with Gasteiger partial charge in [0.25, 0.3) is 0 Å². The van der Waals surface area contributed by atoms with Crippen LogP contribution in [0.3, 0.4) is 0 Å². The van der Waals surface area contributed by atoms with Crippen LogP contribution >= 0.6 is 0 Å². The van der Waals surface area contributed by atoms with Gasteiger partial charge in [-0.15, -0.1) is 0 Å². The van der Waals surface area contributed by atoms with Crippen LogP contribution in [0.15, 0.2) is 10.6 Å². The van der Waals surface area contributed by atoms with Crippen LogP contribution in [0.4, 0.5) is 5.82 Å². The number of aryl methyl sites for hydroxylation is 1. The quantitative estimate of drug-likeness (QED) is 0.744. The van der Waals surface area contributed by atoms with Gasteiger partial charge in [-0.2, -0.15) is 0 Å². The van der Waals surface area contributed by atoms with E-state index in [2.05, 4.69) is 10.5 Å². The predicted octanol–water partition coefficient (Wildman–Crippen LogP) is -0.304. The van der Waals surface area contributed by atoms with Crippen molar-refractivity contribution in [1.29, 1.82) is 0 Å². The van der Waals surface area contributed by atoms with Crippen LogP contribution in [-0.4, -0.2) is 60.0 Å². The van der Waals surface area contributed by atoms with Crippen LogP contribution in [0.1, 0.15) is 5.76 Å². The molecule has 0 bridgehead atoms. The molecule has 0 atom stereocenters. The second-order valence-electron chi connectivity index (χ2n) is 4.20. The fourth-order valence-electron chi connectivity index (χ4n) is 1.80. The van der Waals surface area contributed by atoms with Crippen molar-refractivity contribution in [3.8, 4) is 0 Å². The fourth-order valence-corrected chi connectivity index (χ4v) is 1.80. The maximum Gasteiger partial charge on any atom is 0.242 e. The smallest absolute Gasteiger partial charge is 0.242 e. The number of aromatic nitrogens is 1. The molecule has 0 unspecified atom stereocenters. The number of carbonyl (C=O) groups excluding carboxylic acids is 2. The van der Waals surface area contributed by atoms with Crippen LogP contribution in [0.25, 0.3) is 0 Å². The molecule has 1 aromatic heterocycles. The molecule has 2 amide bonds. The lowest BCUT2D eigenvalue weighted by molar-refractivity contribution is -0.133. The van der Waals surface area contributed by atoms with Gasteiger partial charge < -0.3 is 19.6 Å². The van der Waals surface area contributed by atoms with Gasteiger partial charge in [0.2, 0.25) is 12.3 Å². The number of rotatable bonds is 4. The summed E-state index contributed by atoms with van der Waals surface area (Å²) in [5, 5.41) is 6.66. The van der Waals surface area contributed by atoms with Crippen LogP contribution in [-0.2, 0) is 9.59 Å². The molecule has 0 radical (unpaired) electrons. The zero-order valence-electron chi connectivity index (χ0n) is 10.3. The SMILES string of the molecule is Cc1cc(NCC(=O)N2CCN(C=O)CC2)no1. The molecule has 7 nitrogen and oxygen atoms in total. The number of hydrogen-bond acceptors (Lipinski definition) is 5. The second-order valence-corrected chi connectivity index (χ2v) is 4.20. The van der Waals surface area contributed by atoms with Gasteiger partial charge in [-0.3, -0.25) is 9.59 Å². The van der Waals surface area contributed by atoms with E-state index in [1.807, 2.05) is 0 Å². The number of nitrogens with zero attached hydrogens (tertiary/aromatic N) is 3. The monoisotopic (exact) mass is 252 g/mol. The highest BCUT2D eigenvalue weighted by atomic mass is 16.5. The Kier molecular flexibility index (Phi) is 3.81. The molecule has 2 rings (SSSR count). The normalized spacial score (nSPS) is 15.6. The minimum absolute atomic E-state index is 0.00111. The Morgan fingerprint density at radius 3 is 2.78 bits per heavy atom. The van der Waals surface area contributed by atoms with Crippen molar-refractivity contribution in [2.45, 2.75) is 6.92 Å². The number of hydrogen-bond donors (Lipinski definition) is 1. The fraction of sp³-hybridized carbons (Fsp3) is 0.545. The van der Waals surface area contributed by atoms with Crippen LogP contribution in [0, 0.1) is 6.92 Å². The number of piperazine rings is 1. The van der Waals surface area contributed by atoms with Gasteiger partial charge in [-0.05, 0) is 6.92 Å². The molecule has 0 saturated carbocycles. The predicted molar refractivity (Wildman–Crippen MR) is 63.9 cm³/mol. The number of anilines is 1. The molecule has 2 heterocycles. The van der Waals surface area contributed by atoms with E-state index in [1.165, 1.54) is 0 Å². The van der Waals surface area contributed by atoms with E-state index in [9.17, 15) is 9.59 Å². The summed E-state index contributed by atoms with van der Waals surface area (Å²) < 4.78 is 4.89. The lowest BCUT2D eigenvalue weighted by atomic mass is 10.3. The van der Waals surface area contributed by atoms with Crippen LogP contribution in [0.5, 0.6) is 0 Å². The molecule has 1 aliphatic heterocycles. The van der Waals surface area contributed by atoms with Gasteiger partial charge in [0.1, 0.15) is 5.76 Å². The van der Waals surface area contributed by atoms with Crippen molar-refractivity contribution >= 4 is 18.1 Å². The van der Waals surface area contributed by atoms with E-state index in [1.54, 1.807) is 22.8 Å². The topological polar surface area (TPSA) is 78.7 Å². The average molecular weight is 252 g/mol. The number of carbonyl (C=O) groups is 2. The molecule has 18 heavy (non-hydrogen) atoms. The van der Waals surface area contributed by atoms with Crippen LogP contribution < -0.4 is 5.32 Å². The van der Waals surface area contributed by atoms with Crippen molar-refractivity contribution in [2.24, 2.45) is 0 Å². The molecule has 1 aliphatic rings. The van der Waals surface area contributed by atoms with Gasteiger partial charge in [0, 0.05) is 32.2 Å². The van der Waals surface area contributed by atoms with E-state index in [0.29, 0.717) is 37.8 Å². The van der Waals surface area contributed by atoms with E-state index in [0.717, 1.165) is 6.41 Å². The van der Waals surface area contributed by atoms with Crippen molar-refractivity contribution in [3.63, 3.8) is 0 Å².